The minimum absolute atomic E-state index is 0.470. The van der Waals surface area contributed by atoms with Crippen LogP contribution in [-0.4, -0.2) is 31.1 Å². The van der Waals surface area contributed by atoms with Crippen LogP contribution in [0.3, 0.4) is 0 Å². The number of benzene rings is 1. The van der Waals surface area contributed by atoms with Crippen molar-refractivity contribution in [1.29, 1.82) is 0 Å². The van der Waals surface area contributed by atoms with E-state index >= 15 is 0 Å². The summed E-state index contributed by atoms with van der Waals surface area (Å²) in [6.45, 7) is 0.565. The number of aromatic nitrogens is 1. The van der Waals surface area contributed by atoms with Crippen LogP contribution >= 0.6 is 0 Å². The first-order chi connectivity index (χ1) is 12.1. The van der Waals surface area contributed by atoms with Crippen molar-refractivity contribution >= 4 is 22.7 Å². The van der Waals surface area contributed by atoms with Crippen molar-refractivity contribution in [2.75, 3.05) is 19.0 Å². The molecule has 1 fully saturated rings. The van der Waals surface area contributed by atoms with Gasteiger partial charge in [-0.1, -0.05) is 43.9 Å². The molecule has 0 radical (unpaired) electrons. The van der Waals surface area contributed by atoms with Crippen LogP contribution in [0.15, 0.2) is 35.3 Å². The number of anilines is 1. The van der Waals surface area contributed by atoms with E-state index in [1.807, 2.05) is 37.2 Å². The molecule has 5 nitrogen and oxygen atoms in total. The van der Waals surface area contributed by atoms with E-state index in [4.69, 9.17) is 10.7 Å². The number of nitrogens with zero attached hydrogens (tertiary/aromatic N) is 3. The Labute approximate surface area is 150 Å². The lowest BCUT2D eigenvalue weighted by atomic mass is 10.1. The monoisotopic (exact) mass is 339 g/mol. The van der Waals surface area contributed by atoms with Crippen molar-refractivity contribution in [3.63, 3.8) is 0 Å². The lowest BCUT2D eigenvalue weighted by Gasteiger charge is -2.17. The molecule has 0 aliphatic heterocycles. The third kappa shape index (κ3) is 4.62. The minimum atomic E-state index is 0.470. The van der Waals surface area contributed by atoms with Gasteiger partial charge in [0.25, 0.3) is 0 Å². The standard InChI is InChI=1S/C20H29N5/c1-25(2)19-13-15(17-11-7-8-12-18(17)24-19)14-22-20(21)23-16-9-5-3-4-6-10-16/h7-8,11-13,16H,3-6,9-10,14H2,1-2H3,(H3,21,22,23). The fourth-order valence-electron chi connectivity index (χ4n) is 3.44. The minimum Gasteiger partial charge on any atom is -0.370 e. The lowest BCUT2D eigenvalue weighted by molar-refractivity contribution is 0.530. The Hall–Kier alpha value is -2.30. The summed E-state index contributed by atoms with van der Waals surface area (Å²) in [4.78, 5) is 11.3. The molecule has 0 saturated heterocycles. The van der Waals surface area contributed by atoms with Gasteiger partial charge in [0.2, 0.25) is 0 Å². The number of aliphatic imine (C=N–C) groups is 1. The lowest BCUT2D eigenvalue weighted by Crippen LogP contribution is -2.39. The summed E-state index contributed by atoms with van der Waals surface area (Å²) in [6.07, 6.45) is 7.63. The van der Waals surface area contributed by atoms with Gasteiger partial charge in [0.05, 0.1) is 12.1 Å². The number of fused-ring (bicyclic) bond motifs is 1. The van der Waals surface area contributed by atoms with Gasteiger partial charge < -0.3 is 16.0 Å². The van der Waals surface area contributed by atoms with E-state index in [0.29, 0.717) is 18.5 Å². The fraction of sp³-hybridized carbons (Fsp3) is 0.500. The van der Waals surface area contributed by atoms with Gasteiger partial charge in [-0.3, -0.25) is 0 Å². The highest BCUT2D eigenvalue weighted by Gasteiger charge is 2.12. The normalized spacial score (nSPS) is 16.6. The first-order valence-electron chi connectivity index (χ1n) is 9.26. The van der Waals surface area contributed by atoms with E-state index < -0.39 is 0 Å². The quantitative estimate of drug-likeness (QED) is 0.509. The van der Waals surface area contributed by atoms with Crippen LogP contribution in [0, 0.1) is 0 Å². The van der Waals surface area contributed by atoms with E-state index in [0.717, 1.165) is 22.3 Å². The number of guanidine groups is 1. The second-order valence-electron chi connectivity index (χ2n) is 7.09. The molecule has 1 saturated carbocycles. The molecular formula is C20H29N5. The van der Waals surface area contributed by atoms with Gasteiger partial charge in [-0.2, -0.15) is 0 Å². The molecule has 5 heteroatoms. The maximum atomic E-state index is 6.16. The Morgan fingerprint density at radius 3 is 2.64 bits per heavy atom. The van der Waals surface area contributed by atoms with E-state index in [1.165, 1.54) is 38.5 Å². The molecular weight excluding hydrogens is 310 g/mol. The number of para-hydroxylation sites is 1. The molecule has 1 aliphatic carbocycles. The molecule has 1 aromatic heterocycles. The second-order valence-corrected chi connectivity index (χ2v) is 7.09. The van der Waals surface area contributed by atoms with E-state index in [2.05, 4.69) is 22.4 Å². The Morgan fingerprint density at radius 2 is 1.92 bits per heavy atom. The third-order valence-electron chi connectivity index (χ3n) is 4.87. The number of pyridine rings is 1. The van der Waals surface area contributed by atoms with Crippen molar-refractivity contribution in [2.24, 2.45) is 10.7 Å². The maximum absolute atomic E-state index is 6.16. The predicted octanol–water partition coefficient (Wildman–Crippen LogP) is 3.43. The molecule has 1 heterocycles. The second kappa shape index (κ2) is 8.19. The van der Waals surface area contributed by atoms with E-state index in [1.54, 1.807) is 0 Å². The average molecular weight is 339 g/mol. The topological polar surface area (TPSA) is 66.5 Å². The highest BCUT2D eigenvalue weighted by atomic mass is 15.1. The third-order valence-corrected chi connectivity index (χ3v) is 4.87. The number of rotatable bonds is 4. The largest absolute Gasteiger partial charge is 0.370 e. The van der Waals surface area contributed by atoms with Gasteiger partial charge >= 0.3 is 0 Å². The fourth-order valence-corrected chi connectivity index (χ4v) is 3.44. The number of nitrogens with two attached hydrogens (primary N) is 1. The van der Waals surface area contributed by atoms with E-state index in [9.17, 15) is 0 Å². The molecule has 0 amide bonds. The Balaban J connectivity index is 1.77. The smallest absolute Gasteiger partial charge is 0.189 e. The van der Waals surface area contributed by atoms with Gasteiger partial charge in [-0.05, 0) is 30.5 Å². The van der Waals surface area contributed by atoms with Crippen LogP contribution in [0.4, 0.5) is 5.82 Å². The Morgan fingerprint density at radius 1 is 1.20 bits per heavy atom. The molecule has 0 spiro atoms. The van der Waals surface area contributed by atoms with Crippen LogP contribution in [-0.2, 0) is 6.54 Å². The zero-order valence-electron chi connectivity index (χ0n) is 15.3. The summed E-state index contributed by atoms with van der Waals surface area (Å²) in [5.41, 5.74) is 8.31. The summed E-state index contributed by atoms with van der Waals surface area (Å²) in [5.74, 6) is 1.50. The Bertz CT molecular complexity index is 730. The molecule has 0 bridgehead atoms. The van der Waals surface area contributed by atoms with Crippen LogP contribution in [0.1, 0.15) is 44.1 Å². The van der Waals surface area contributed by atoms with E-state index in [-0.39, 0.29) is 0 Å². The van der Waals surface area contributed by atoms with Crippen LogP contribution in [0.5, 0.6) is 0 Å². The molecule has 3 rings (SSSR count). The van der Waals surface area contributed by atoms with Crippen molar-refractivity contribution in [2.45, 2.75) is 51.1 Å². The summed E-state index contributed by atoms with van der Waals surface area (Å²) in [7, 11) is 4.01. The number of hydrogen-bond donors (Lipinski definition) is 2. The summed E-state index contributed by atoms with van der Waals surface area (Å²) < 4.78 is 0. The predicted molar refractivity (Wildman–Crippen MR) is 106 cm³/mol. The van der Waals surface area contributed by atoms with Crippen LogP contribution in [0.25, 0.3) is 10.9 Å². The van der Waals surface area contributed by atoms with Gasteiger partial charge in [0.15, 0.2) is 5.96 Å². The highest BCUT2D eigenvalue weighted by Crippen LogP contribution is 2.23. The molecule has 25 heavy (non-hydrogen) atoms. The zero-order valence-corrected chi connectivity index (χ0v) is 15.3. The average Bonchev–Trinajstić information content (AvgIpc) is 2.88. The first kappa shape index (κ1) is 17.5. The van der Waals surface area contributed by atoms with Crippen LogP contribution in [0.2, 0.25) is 0 Å². The number of hydrogen-bond acceptors (Lipinski definition) is 3. The van der Waals surface area contributed by atoms with Gasteiger partial charge in [0, 0.05) is 25.5 Å². The first-order valence-corrected chi connectivity index (χ1v) is 9.26. The van der Waals surface area contributed by atoms with Crippen molar-refractivity contribution in [3.8, 4) is 0 Å². The maximum Gasteiger partial charge on any atom is 0.189 e. The van der Waals surface area contributed by atoms with Crippen LogP contribution < -0.4 is 16.0 Å². The summed E-state index contributed by atoms with van der Waals surface area (Å²) in [6, 6.07) is 10.8. The summed E-state index contributed by atoms with van der Waals surface area (Å²) in [5, 5.41) is 4.55. The molecule has 1 aliphatic rings. The van der Waals surface area contributed by atoms with Gasteiger partial charge in [-0.25, -0.2) is 9.98 Å². The molecule has 1 aromatic carbocycles. The zero-order chi connectivity index (χ0) is 17.6. The molecule has 134 valence electrons. The molecule has 0 unspecified atom stereocenters. The van der Waals surface area contributed by atoms with Crippen molar-refractivity contribution in [1.82, 2.24) is 10.3 Å². The SMILES string of the molecule is CN(C)c1cc(CN=C(N)NC2CCCCCC2)c2ccccc2n1. The van der Waals surface area contributed by atoms with Gasteiger partial charge in [-0.15, -0.1) is 0 Å². The molecule has 0 atom stereocenters. The molecule has 3 N–H and O–H groups in total. The summed E-state index contributed by atoms with van der Waals surface area (Å²) >= 11 is 0. The highest BCUT2D eigenvalue weighted by molar-refractivity contribution is 5.84. The van der Waals surface area contributed by atoms with Gasteiger partial charge in [0.1, 0.15) is 5.82 Å². The Kier molecular flexibility index (Phi) is 5.74. The van der Waals surface area contributed by atoms with Crippen molar-refractivity contribution < 1.29 is 0 Å². The van der Waals surface area contributed by atoms with Crippen molar-refractivity contribution in [3.05, 3.63) is 35.9 Å². The molecule has 2 aromatic rings. The number of nitrogens with one attached hydrogen (secondary N) is 1.